The van der Waals surface area contributed by atoms with E-state index in [4.69, 9.17) is 4.74 Å². The number of methoxy groups -OCH3 is 1. The van der Waals surface area contributed by atoms with E-state index in [1.54, 1.807) is 48.8 Å². The molecule has 0 aliphatic carbocycles. The molecule has 2 aromatic heterocycles. The molecule has 0 aliphatic rings. The lowest BCUT2D eigenvalue weighted by molar-refractivity contribution is -0.139. The van der Waals surface area contributed by atoms with Crippen LogP contribution in [-0.2, 0) is 4.79 Å². The molecular weight excluding hydrogens is 360 g/mol. The predicted molar refractivity (Wildman–Crippen MR) is 102 cm³/mol. The van der Waals surface area contributed by atoms with Crippen molar-refractivity contribution in [1.82, 2.24) is 19.7 Å². The van der Waals surface area contributed by atoms with Crippen LogP contribution in [0.15, 0.2) is 66.0 Å². The van der Waals surface area contributed by atoms with Crippen LogP contribution in [0.1, 0.15) is 11.6 Å². The van der Waals surface area contributed by atoms with Crippen molar-refractivity contribution in [1.29, 1.82) is 0 Å². The number of hydrogen-bond acceptors (Lipinski definition) is 5. The Hall–Kier alpha value is -3.94. The Labute approximate surface area is 159 Å². The fourth-order valence-corrected chi connectivity index (χ4v) is 3.14. The summed E-state index contributed by atoms with van der Waals surface area (Å²) in [6.07, 6.45) is 4.62. The van der Waals surface area contributed by atoms with Gasteiger partial charge in [-0.2, -0.15) is 5.10 Å². The lowest BCUT2D eigenvalue weighted by Crippen LogP contribution is -2.31. The first-order valence-electron chi connectivity index (χ1n) is 8.45. The second-order valence-corrected chi connectivity index (χ2v) is 6.19. The Bertz CT molecular complexity index is 1210. The fourth-order valence-electron chi connectivity index (χ4n) is 3.14. The van der Waals surface area contributed by atoms with Crippen LogP contribution < -0.4 is 10.3 Å². The Morgan fingerprint density at radius 3 is 2.79 bits per heavy atom. The Morgan fingerprint density at radius 1 is 1.21 bits per heavy atom. The molecule has 8 heteroatoms. The lowest BCUT2D eigenvalue weighted by Gasteiger charge is -2.17. The number of nitrogens with zero attached hydrogens (tertiary/aromatic N) is 3. The summed E-state index contributed by atoms with van der Waals surface area (Å²) in [7, 11) is 1.50. The molecule has 2 aromatic carbocycles. The van der Waals surface area contributed by atoms with Crippen molar-refractivity contribution >= 4 is 16.9 Å². The zero-order valence-corrected chi connectivity index (χ0v) is 14.9. The van der Waals surface area contributed by atoms with Gasteiger partial charge in [0.25, 0.3) is 5.56 Å². The Morgan fingerprint density at radius 2 is 2.07 bits per heavy atom. The van der Waals surface area contributed by atoms with E-state index in [-0.39, 0.29) is 0 Å². The van der Waals surface area contributed by atoms with Crippen molar-refractivity contribution < 1.29 is 14.6 Å². The average Bonchev–Trinajstić information content (AvgIpc) is 3.24. The van der Waals surface area contributed by atoms with Crippen LogP contribution in [0.3, 0.4) is 0 Å². The highest BCUT2D eigenvalue weighted by molar-refractivity contribution is 5.84. The van der Waals surface area contributed by atoms with Gasteiger partial charge in [0.2, 0.25) is 0 Å². The molecule has 0 amide bonds. The number of carbonyl (C=O) groups is 1. The third-order valence-corrected chi connectivity index (χ3v) is 4.54. The van der Waals surface area contributed by atoms with Gasteiger partial charge in [0.1, 0.15) is 5.75 Å². The van der Waals surface area contributed by atoms with Crippen LogP contribution in [0.5, 0.6) is 5.75 Å². The molecular formula is C20H16N4O4. The minimum absolute atomic E-state index is 0.329. The molecule has 0 spiro atoms. The molecule has 4 aromatic rings. The van der Waals surface area contributed by atoms with E-state index in [2.05, 4.69) is 15.2 Å². The maximum Gasteiger partial charge on any atom is 0.331 e. The van der Waals surface area contributed by atoms with E-state index < -0.39 is 17.6 Å². The number of benzene rings is 2. The number of rotatable bonds is 5. The van der Waals surface area contributed by atoms with E-state index in [0.29, 0.717) is 22.2 Å². The number of carboxylic acids is 1. The molecule has 0 radical (unpaired) electrons. The van der Waals surface area contributed by atoms with E-state index in [1.165, 1.54) is 13.4 Å². The van der Waals surface area contributed by atoms with Crippen LogP contribution in [-0.4, -0.2) is 37.9 Å². The largest absolute Gasteiger partial charge is 0.497 e. The maximum atomic E-state index is 13.1. The van der Waals surface area contributed by atoms with Gasteiger partial charge in [0.05, 0.1) is 30.5 Å². The number of carboxylic acid groups (broad SMARTS) is 1. The van der Waals surface area contributed by atoms with Gasteiger partial charge < -0.3 is 9.84 Å². The van der Waals surface area contributed by atoms with Crippen molar-refractivity contribution in [2.45, 2.75) is 6.04 Å². The van der Waals surface area contributed by atoms with Crippen LogP contribution in [0.2, 0.25) is 0 Å². The van der Waals surface area contributed by atoms with E-state index >= 15 is 0 Å². The Kier molecular flexibility index (Phi) is 4.36. The van der Waals surface area contributed by atoms with E-state index in [0.717, 1.165) is 15.7 Å². The monoisotopic (exact) mass is 376 g/mol. The van der Waals surface area contributed by atoms with Crippen molar-refractivity contribution in [3.8, 4) is 16.9 Å². The number of H-pyrrole nitrogens is 1. The minimum Gasteiger partial charge on any atom is -0.497 e. The number of aromatic nitrogens is 4. The highest BCUT2D eigenvalue weighted by Gasteiger charge is 2.24. The molecule has 8 nitrogen and oxygen atoms in total. The van der Waals surface area contributed by atoms with Gasteiger partial charge in [-0.1, -0.05) is 18.2 Å². The van der Waals surface area contributed by atoms with Gasteiger partial charge in [-0.05, 0) is 35.4 Å². The summed E-state index contributed by atoms with van der Waals surface area (Å²) in [5.41, 5.74) is 2.07. The highest BCUT2D eigenvalue weighted by Crippen LogP contribution is 2.24. The van der Waals surface area contributed by atoms with Crippen LogP contribution in [0, 0.1) is 0 Å². The lowest BCUT2D eigenvalue weighted by atomic mass is 10.1. The number of hydrogen-bond donors (Lipinski definition) is 2. The molecule has 1 atom stereocenters. The van der Waals surface area contributed by atoms with Crippen LogP contribution in [0.4, 0.5) is 0 Å². The second-order valence-electron chi connectivity index (χ2n) is 6.19. The van der Waals surface area contributed by atoms with E-state index in [1.807, 2.05) is 6.07 Å². The highest BCUT2D eigenvalue weighted by atomic mass is 16.5. The molecule has 0 bridgehead atoms. The molecule has 4 rings (SSSR count). The summed E-state index contributed by atoms with van der Waals surface area (Å²) in [5.74, 6) is -0.657. The third-order valence-electron chi connectivity index (χ3n) is 4.54. The standard InChI is InChI=1S/C20H16N4O4/c1-28-15-4-2-3-13(7-15)18(20(26)27)24-11-21-17-6-5-12(8-16(17)19(24)25)14-9-22-23-10-14/h2-11,18H,1H3,(H,22,23)(H,26,27). The topological polar surface area (TPSA) is 110 Å². The van der Waals surface area contributed by atoms with Crippen LogP contribution in [0.25, 0.3) is 22.0 Å². The number of fused-ring (bicyclic) bond motifs is 1. The number of aromatic amines is 1. The first-order chi connectivity index (χ1) is 13.6. The summed E-state index contributed by atoms with van der Waals surface area (Å²) < 4.78 is 6.30. The smallest absolute Gasteiger partial charge is 0.331 e. The van der Waals surface area contributed by atoms with Crippen molar-refractivity contribution in [3.63, 3.8) is 0 Å². The fraction of sp³-hybridized carbons (Fsp3) is 0.100. The van der Waals surface area contributed by atoms with E-state index in [9.17, 15) is 14.7 Å². The van der Waals surface area contributed by atoms with Crippen molar-refractivity contribution in [3.05, 3.63) is 77.1 Å². The summed E-state index contributed by atoms with van der Waals surface area (Å²) in [5, 5.41) is 16.8. The molecule has 0 fully saturated rings. The molecule has 2 heterocycles. The van der Waals surface area contributed by atoms with Gasteiger partial charge in [-0.15, -0.1) is 0 Å². The molecule has 0 saturated carbocycles. The third kappa shape index (κ3) is 3.01. The average molecular weight is 376 g/mol. The van der Waals surface area contributed by atoms with Gasteiger partial charge in [0, 0.05) is 11.8 Å². The van der Waals surface area contributed by atoms with Crippen molar-refractivity contribution in [2.24, 2.45) is 0 Å². The number of nitrogens with one attached hydrogen (secondary N) is 1. The summed E-state index contributed by atoms with van der Waals surface area (Å²) in [6.45, 7) is 0. The summed E-state index contributed by atoms with van der Waals surface area (Å²) in [4.78, 5) is 29.4. The minimum atomic E-state index is -1.22. The molecule has 0 aliphatic heterocycles. The van der Waals surface area contributed by atoms with Gasteiger partial charge >= 0.3 is 5.97 Å². The first-order valence-corrected chi connectivity index (χ1v) is 8.45. The summed E-state index contributed by atoms with van der Waals surface area (Å²) in [6, 6.07) is 10.7. The van der Waals surface area contributed by atoms with Gasteiger partial charge in [0.15, 0.2) is 6.04 Å². The van der Waals surface area contributed by atoms with Gasteiger partial charge in [-0.3, -0.25) is 14.5 Å². The molecule has 28 heavy (non-hydrogen) atoms. The normalized spacial score (nSPS) is 12.0. The number of aliphatic carboxylic acids is 1. The zero-order valence-electron chi connectivity index (χ0n) is 14.9. The van der Waals surface area contributed by atoms with Gasteiger partial charge in [-0.25, -0.2) is 9.78 Å². The maximum absolute atomic E-state index is 13.1. The molecule has 140 valence electrons. The van der Waals surface area contributed by atoms with Crippen molar-refractivity contribution in [2.75, 3.05) is 7.11 Å². The Balaban J connectivity index is 1.89. The molecule has 1 unspecified atom stereocenters. The zero-order chi connectivity index (χ0) is 19.7. The number of ether oxygens (including phenoxy) is 1. The molecule has 0 saturated heterocycles. The summed E-state index contributed by atoms with van der Waals surface area (Å²) >= 11 is 0. The van der Waals surface area contributed by atoms with Crippen LogP contribution >= 0.6 is 0 Å². The first kappa shape index (κ1) is 17.5. The SMILES string of the molecule is COc1cccc(C(C(=O)O)n2cnc3ccc(-c4cn[nH]c4)cc3c2=O)c1. The molecule has 2 N–H and O–H groups in total. The predicted octanol–water partition coefficient (Wildman–Crippen LogP) is 2.47. The quantitative estimate of drug-likeness (QED) is 0.554. The second kappa shape index (κ2) is 6.99.